The first kappa shape index (κ1) is 32.1. The third-order valence-electron chi connectivity index (χ3n) is 8.92. The van der Waals surface area contributed by atoms with E-state index in [2.05, 4.69) is 37.3 Å². The van der Waals surface area contributed by atoms with E-state index >= 15 is 0 Å². The van der Waals surface area contributed by atoms with Crippen LogP contribution >= 0.6 is 0 Å². The first-order chi connectivity index (χ1) is 23.9. The van der Waals surface area contributed by atoms with Crippen molar-refractivity contribution in [2.24, 2.45) is 5.92 Å². The van der Waals surface area contributed by atoms with Crippen LogP contribution < -0.4 is 24.6 Å². The minimum absolute atomic E-state index is 0.00585. The number of hydrogen-bond donors (Lipinski definition) is 1. The van der Waals surface area contributed by atoms with E-state index in [4.69, 9.17) is 14.2 Å². The van der Waals surface area contributed by atoms with E-state index in [1.54, 1.807) is 23.1 Å². The van der Waals surface area contributed by atoms with Crippen molar-refractivity contribution in [1.82, 2.24) is 14.8 Å². The van der Waals surface area contributed by atoms with Gasteiger partial charge in [0.2, 0.25) is 0 Å². The van der Waals surface area contributed by atoms with Gasteiger partial charge in [-0.05, 0) is 73.2 Å². The topological polar surface area (TPSA) is 94.0 Å². The largest absolute Gasteiger partial charge is 0.493 e. The fourth-order valence-corrected chi connectivity index (χ4v) is 6.47. The molecule has 2 aliphatic rings. The fourth-order valence-electron chi connectivity index (χ4n) is 6.47. The van der Waals surface area contributed by atoms with Crippen LogP contribution in [0.1, 0.15) is 12.0 Å². The summed E-state index contributed by atoms with van der Waals surface area (Å²) < 4.78 is 47.9. The number of rotatable bonds is 10. The van der Waals surface area contributed by atoms with Crippen molar-refractivity contribution < 1.29 is 27.8 Å². The maximum Gasteiger partial charge on any atom is 0.417 e. The number of anilines is 3. The Hall–Kier alpha value is -5.49. The molecule has 2 saturated heterocycles. The molecule has 10 nitrogen and oxygen atoms in total. The van der Waals surface area contributed by atoms with Gasteiger partial charge in [-0.3, -0.25) is 5.32 Å². The van der Waals surface area contributed by atoms with Crippen LogP contribution in [0.5, 0.6) is 11.5 Å². The Bertz CT molecular complexity index is 1840. The molecular weight excluding hydrogens is 630 g/mol. The number of amides is 1. The molecule has 252 valence electrons. The average Bonchev–Trinajstić information content (AvgIpc) is 3.79. The number of ether oxygens (including phenoxy) is 3. The molecule has 0 saturated carbocycles. The molecule has 2 fully saturated rings. The Morgan fingerprint density at radius 3 is 2.22 bits per heavy atom. The lowest BCUT2D eigenvalue weighted by atomic mass is 9.87. The van der Waals surface area contributed by atoms with Crippen LogP contribution in [-0.2, 0) is 16.9 Å². The van der Waals surface area contributed by atoms with Crippen molar-refractivity contribution in [3.63, 3.8) is 0 Å². The lowest BCUT2D eigenvalue weighted by Crippen LogP contribution is -2.46. The number of aromatic nitrogens is 3. The summed E-state index contributed by atoms with van der Waals surface area (Å²) >= 11 is 0. The SMILES string of the molecule is O=C(Nc1ccc(N2CCN(c3ccc(OC[C@@H]4CO[C@@](Cn5cncn5)(c5ccc(F)cc5F)C4)cc3)CC2)cc1)Oc1ccccc1. The summed E-state index contributed by atoms with van der Waals surface area (Å²) in [5, 5.41) is 6.95. The third-order valence-corrected chi connectivity index (χ3v) is 8.92. The lowest BCUT2D eigenvalue weighted by molar-refractivity contribution is -0.0206. The standard InChI is InChI=1S/C37H36F2N6O4/c38-28-6-15-34(35(39)20-28)37(24-45-26-40-25-41-45)21-27(23-48-37)22-47-32-13-11-31(12-14-32)44-18-16-43(17-19-44)30-9-7-29(8-10-30)42-36(46)49-33-4-2-1-3-5-33/h1-15,20,25-27H,16-19,21-24H2,(H,42,46)/t27-,37+/m1/s1. The summed E-state index contributed by atoms with van der Waals surface area (Å²) in [7, 11) is 0. The fraction of sp³-hybridized carbons (Fsp3) is 0.270. The number of hydrogen-bond acceptors (Lipinski definition) is 8. The maximum absolute atomic E-state index is 14.9. The van der Waals surface area contributed by atoms with Gasteiger partial charge < -0.3 is 24.0 Å². The van der Waals surface area contributed by atoms with Crippen molar-refractivity contribution in [3.8, 4) is 11.5 Å². The second kappa shape index (κ2) is 14.3. The van der Waals surface area contributed by atoms with Gasteiger partial charge in [0.15, 0.2) is 0 Å². The van der Waals surface area contributed by atoms with Gasteiger partial charge in [0, 0.05) is 60.8 Å². The van der Waals surface area contributed by atoms with Gasteiger partial charge in [0.25, 0.3) is 0 Å². The monoisotopic (exact) mass is 666 g/mol. The van der Waals surface area contributed by atoms with E-state index < -0.39 is 23.3 Å². The summed E-state index contributed by atoms with van der Waals surface area (Å²) in [6.07, 6.45) is 2.93. The van der Waals surface area contributed by atoms with Crippen LogP contribution in [0.3, 0.4) is 0 Å². The zero-order chi connectivity index (χ0) is 33.6. The molecule has 3 heterocycles. The van der Waals surface area contributed by atoms with Crippen LogP contribution in [0.2, 0.25) is 0 Å². The Labute approximate surface area is 282 Å². The van der Waals surface area contributed by atoms with Crippen molar-refractivity contribution in [3.05, 3.63) is 127 Å². The minimum atomic E-state index is -1.01. The Morgan fingerprint density at radius 2 is 1.57 bits per heavy atom. The van der Waals surface area contributed by atoms with Crippen molar-refractivity contribution in [2.45, 2.75) is 18.6 Å². The zero-order valence-electron chi connectivity index (χ0n) is 26.8. The summed E-state index contributed by atoms with van der Waals surface area (Å²) in [5.41, 5.74) is 2.16. The second-order valence-corrected chi connectivity index (χ2v) is 12.2. The first-order valence-electron chi connectivity index (χ1n) is 16.2. The highest BCUT2D eigenvalue weighted by atomic mass is 19.1. The van der Waals surface area contributed by atoms with Crippen molar-refractivity contribution in [1.29, 1.82) is 0 Å². The molecular formula is C37H36F2N6O4. The molecule has 0 aliphatic carbocycles. The molecule has 12 heteroatoms. The average molecular weight is 667 g/mol. The van der Waals surface area contributed by atoms with Crippen LogP contribution in [0, 0.1) is 17.6 Å². The van der Waals surface area contributed by atoms with Gasteiger partial charge in [-0.1, -0.05) is 24.3 Å². The third kappa shape index (κ3) is 7.65. The van der Waals surface area contributed by atoms with E-state index in [-0.39, 0.29) is 12.5 Å². The first-order valence-corrected chi connectivity index (χ1v) is 16.2. The van der Waals surface area contributed by atoms with Crippen molar-refractivity contribution in [2.75, 3.05) is 54.5 Å². The molecule has 0 radical (unpaired) electrons. The number of halogens is 2. The smallest absolute Gasteiger partial charge is 0.417 e. The molecule has 0 bridgehead atoms. The van der Waals surface area contributed by atoms with Crippen LogP contribution in [0.4, 0.5) is 30.6 Å². The Morgan fingerprint density at radius 1 is 0.878 bits per heavy atom. The van der Waals surface area contributed by atoms with E-state index in [9.17, 15) is 13.6 Å². The van der Waals surface area contributed by atoms with Gasteiger partial charge in [-0.2, -0.15) is 5.10 Å². The highest BCUT2D eigenvalue weighted by molar-refractivity contribution is 5.86. The zero-order valence-corrected chi connectivity index (χ0v) is 26.8. The number of carbonyl (C=O) groups is 1. The van der Waals surface area contributed by atoms with Gasteiger partial charge in [0.1, 0.15) is 41.4 Å². The normalized spacial score (nSPS) is 19.1. The molecule has 0 spiro atoms. The quantitative estimate of drug-likeness (QED) is 0.181. The molecule has 1 aromatic heterocycles. The van der Waals surface area contributed by atoms with Gasteiger partial charge >= 0.3 is 6.09 Å². The minimum Gasteiger partial charge on any atom is -0.493 e. The number of benzene rings is 4. The number of para-hydroxylation sites is 1. The Kier molecular flexibility index (Phi) is 9.38. The summed E-state index contributed by atoms with van der Waals surface area (Å²) in [5.74, 6) is -0.0587. The van der Waals surface area contributed by atoms with E-state index in [1.807, 2.05) is 54.6 Å². The lowest BCUT2D eigenvalue weighted by Gasteiger charge is -2.37. The van der Waals surface area contributed by atoms with Crippen molar-refractivity contribution >= 4 is 23.2 Å². The molecule has 4 aromatic carbocycles. The van der Waals surface area contributed by atoms with Gasteiger partial charge in [-0.25, -0.2) is 23.2 Å². The molecule has 7 rings (SSSR count). The summed E-state index contributed by atoms with van der Waals surface area (Å²) in [4.78, 5) is 20.9. The number of nitrogens with zero attached hydrogens (tertiary/aromatic N) is 5. The van der Waals surface area contributed by atoms with Crippen LogP contribution in [0.25, 0.3) is 0 Å². The van der Waals surface area contributed by atoms with E-state index in [0.717, 1.165) is 49.4 Å². The molecule has 49 heavy (non-hydrogen) atoms. The molecule has 2 aliphatic heterocycles. The van der Waals surface area contributed by atoms with Crippen LogP contribution in [0.15, 0.2) is 110 Å². The number of carbonyl (C=O) groups excluding carboxylic acids is 1. The molecule has 5 aromatic rings. The second-order valence-electron chi connectivity index (χ2n) is 12.2. The summed E-state index contributed by atoms with van der Waals surface area (Å²) in [6, 6.07) is 28.4. The number of piperazine rings is 1. The van der Waals surface area contributed by atoms with Gasteiger partial charge in [0.05, 0.1) is 19.8 Å². The highest BCUT2D eigenvalue weighted by Crippen LogP contribution is 2.42. The maximum atomic E-state index is 14.9. The predicted molar refractivity (Wildman–Crippen MR) is 181 cm³/mol. The molecule has 1 N–H and O–H groups in total. The van der Waals surface area contributed by atoms with Gasteiger partial charge in [-0.15, -0.1) is 0 Å². The number of nitrogens with one attached hydrogen (secondary N) is 1. The molecule has 1 amide bonds. The van der Waals surface area contributed by atoms with E-state index in [0.29, 0.717) is 36.6 Å². The highest BCUT2D eigenvalue weighted by Gasteiger charge is 2.44. The van der Waals surface area contributed by atoms with E-state index in [1.165, 1.54) is 18.5 Å². The molecule has 2 atom stereocenters. The Balaban J connectivity index is 0.893. The molecule has 0 unspecified atom stereocenters. The summed E-state index contributed by atoms with van der Waals surface area (Å²) in [6.45, 7) is 4.44. The van der Waals surface area contributed by atoms with Crippen LogP contribution in [-0.4, -0.2) is 60.3 Å². The predicted octanol–water partition coefficient (Wildman–Crippen LogP) is 6.50.